The molecule has 2 aromatic carbocycles. The molecule has 1 aliphatic carbocycles. The Morgan fingerprint density at radius 1 is 1.14 bits per heavy atom. The number of hydrogen-bond donors (Lipinski definition) is 3. The zero-order valence-electron chi connectivity index (χ0n) is 12.4. The minimum Gasteiger partial charge on any atom is -0.508 e. The van der Waals surface area contributed by atoms with Crippen LogP contribution in [0.3, 0.4) is 0 Å². The van der Waals surface area contributed by atoms with Crippen molar-refractivity contribution in [2.75, 3.05) is 6.54 Å². The van der Waals surface area contributed by atoms with Crippen LogP contribution in [0.1, 0.15) is 29.2 Å². The van der Waals surface area contributed by atoms with Crippen molar-refractivity contribution in [2.24, 2.45) is 0 Å². The summed E-state index contributed by atoms with van der Waals surface area (Å²) in [5.74, 6) is 0.341. The smallest absolute Gasteiger partial charge is 0.166 e. The number of para-hydroxylation sites is 1. The van der Waals surface area contributed by atoms with Gasteiger partial charge in [0.15, 0.2) is 5.11 Å². The summed E-state index contributed by atoms with van der Waals surface area (Å²) in [5, 5.41) is 17.0. The third-order valence-electron chi connectivity index (χ3n) is 4.11. The number of hydrogen-bond acceptors (Lipinski definition) is 2. The van der Waals surface area contributed by atoms with Crippen molar-refractivity contribution >= 4 is 17.3 Å². The lowest BCUT2D eigenvalue weighted by molar-refractivity contribution is 0.467. The second kappa shape index (κ2) is 6.79. The molecule has 0 heterocycles. The third-order valence-corrected chi connectivity index (χ3v) is 4.37. The normalized spacial score (nSPS) is 16.1. The number of aryl methyl sites for hydroxylation is 1. The van der Waals surface area contributed by atoms with Crippen LogP contribution in [0.25, 0.3) is 0 Å². The van der Waals surface area contributed by atoms with E-state index in [1.54, 1.807) is 6.07 Å². The van der Waals surface area contributed by atoms with E-state index in [1.165, 1.54) is 11.1 Å². The first-order valence-corrected chi connectivity index (χ1v) is 8.04. The molecule has 0 bridgehead atoms. The average molecular weight is 312 g/mol. The molecule has 1 atom stereocenters. The largest absolute Gasteiger partial charge is 0.508 e. The number of aromatic hydroxyl groups is 1. The van der Waals surface area contributed by atoms with Gasteiger partial charge in [-0.2, -0.15) is 0 Å². The minimum atomic E-state index is 0.307. The van der Waals surface area contributed by atoms with Crippen LogP contribution in [0.2, 0.25) is 0 Å². The predicted octanol–water partition coefficient (Wildman–Crippen LogP) is 3.09. The number of phenolic OH excluding ortho intramolecular Hbond substituents is 1. The van der Waals surface area contributed by atoms with Gasteiger partial charge in [0, 0.05) is 6.54 Å². The molecule has 3 nitrogen and oxygen atoms in total. The molecule has 0 aliphatic heterocycles. The lowest BCUT2D eigenvalue weighted by Crippen LogP contribution is -2.38. The van der Waals surface area contributed by atoms with Crippen molar-refractivity contribution < 1.29 is 5.11 Å². The summed E-state index contributed by atoms with van der Waals surface area (Å²) in [5.41, 5.74) is 3.70. The monoisotopic (exact) mass is 312 g/mol. The van der Waals surface area contributed by atoms with E-state index in [9.17, 15) is 5.11 Å². The first kappa shape index (κ1) is 14.9. The number of phenols is 1. The van der Waals surface area contributed by atoms with Crippen LogP contribution >= 0.6 is 12.2 Å². The van der Waals surface area contributed by atoms with Crippen LogP contribution in [0, 0.1) is 0 Å². The molecular formula is C18H20N2OS. The Balaban J connectivity index is 1.49. The summed E-state index contributed by atoms with van der Waals surface area (Å²) >= 11 is 5.38. The molecule has 0 amide bonds. The second-order valence-corrected chi connectivity index (χ2v) is 5.98. The van der Waals surface area contributed by atoms with Gasteiger partial charge in [0.1, 0.15) is 5.75 Å². The molecule has 2 aromatic rings. The fraction of sp³-hybridized carbons (Fsp3) is 0.278. The van der Waals surface area contributed by atoms with E-state index in [1.807, 2.05) is 18.2 Å². The van der Waals surface area contributed by atoms with E-state index < -0.39 is 0 Å². The zero-order chi connectivity index (χ0) is 15.4. The number of thiocarbonyl (C=S) groups is 1. The Hall–Kier alpha value is -2.07. The molecule has 4 heteroatoms. The van der Waals surface area contributed by atoms with Gasteiger partial charge in [-0.3, -0.25) is 0 Å². The van der Waals surface area contributed by atoms with Crippen LogP contribution in [0.4, 0.5) is 0 Å². The molecular weight excluding hydrogens is 292 g/mol. The highest BCUT2D eigenvalue weighted by Gasteiger charge is 2.22. The number of benzene rings is 2. The summed E-state index contributed by atoms with van der Waals surface area (Å²) < 4.78 is 0. The highest BCUT2D eigenvalue weighted by molar-refractivity contribution is 7.80. The van der Waals surface area contributed by atoms with Crippen LogP contribution in [-0.2, 0) is 12.8 Å². The second-order valence-electron chi connectivity index (χ2n) is 5.57. The van der Waals surface area contributed by atoms with Gasteiger partial charge >= 0.3 is 0 Å². The molecule has 0 aromatic heterocycles. The van der Waals surface area contributed by atoms with Crippen LogP contribution in [-0.4, -0.2) is 16.8 Å². The van der Waals surface area contributed by atoms with Crippen molar-refractivity contribution in [1.82, 2.24) is 10.6 Å². The molecule has 1 aliphatic rings. The van der Waals surface area contributed by atoms with Crippen molar-refractivity contribution in [3.05, 3.63) is 65.2 Å². The van der Waals surface area contributed by atoms with E-state index in [-0.39, 0.29) is 0 Å². The van der Waals surface area contributed by atoms with Crippen LogP contribution < -0.4 is 10.6 Å². The summed E-state index contributed by atoms with van der Waals surface area (Å²) in [6.45, 7) is 0.706. The van der Waals surface area contributed by atoms with Crippen LogP contribution in [0.5, 0.6) is 5.75 Å². The molecule has 0 spiro atoms. The van der Waals surface area contributed by atoms with E-state index in [0.29, 0.717) is 23.4 Å². The van der Waals surface area contributed by atoms with Crippen molar-refractivity contribution in [2.45, 2.75) is 25.3 Å². The van der Waals surface area contributed by atoms with Gasteiger partial charge in [0.25, 0.3) is 0 Å². The standard InChI is InChI=1S/C18H20N2OS/c21-17-8-4-2-6-14(17)11-12-19-18(22)20-16-10-9-13-5-1-3-7-15(13)16/h1-8,16,21H,9-12H2,(H2,19,20,22)/t16-/m1/s1. The molecule has 0 radical (unpaired) electrons. The quantitative estimate of drug-likeness (QED) is 0.759. The van der Waals surface area contributed by atoms with Crippen molar-refractivity contribution in [3.8, 4) is 5.75 Å². The number of rotatable bonds is 4. The first-order chi connectivity index (χ1) is 10.7. The van der Waals surface area contributed by atoms with Gasteiger partial charge in [-0.1, -0.05) is 42.5 Å². The van der Waals surface area contributed by atoms with Gasteiger partial charge in [0.2, 0.25) is 0 Å². The predicted molar refractivity (Wildman–Crippen MR) is 93.1 cm³/mol. The van der Waals surface area contributed by atoms with Gasteiger partial charge < -0.3 is 15.7 Å². The SMILES string of the molecule is Oc1ccccc1CCNC(=S)N[C@@H]1CCc2ccccc21. The highest BCUT2D eigenvalue weighted by Crippen LogP contribution is 2.30. The molecule has 3 N–H and O–H groups in total. The van der Waals surface area contributed by atoms with Gasteiger partial charge in [-0.05, 0) is 54.2 Å². The van der Waals surface area contributed by atoms with E-state index in [0.717, 1.165) is 24.8 Å². The fourth-order valence-corrected chi connectivity index (χ4v) is 3.19. The Labute approximate surface area is 136 Å². The van der Waals surface area contributed by atoms with Crippen molar-refractivity contribution in [1.29, 1.82) is 0 Å². The molecule has 0 saturated carbocycles. The third kappa shape index (κ3) is 3.39. The molecule has 0 saturated heterocycles. The molecule has 0 fully saturated rings. The topological polar surface area (TPSA) is 44.3 Å². The van der Waals surface area contributed by atoms with E-state index in [2.05, 4.69) is 34.9 Å². The minimum absolute atomic E-state index is 0.307. The first-order valence-electron chi connectivity index (χ1n) is 7.63. The van der Waals surface area contributed by atoms with Crippen molar-refractivity contribution in [3.63, 3.8) is 0 Å². The lowest BCUT2D eigenvalue weighted by Gasteiger charge is -2.17. The summed E-state index contributed by atoms with van der Waals surface area (Å²) in [4.78, 5) is 0. The Morgan fingerprint density at radius 3 is 2.77 bits per heavy atom. The Bertz CT molecular complexity index is 672. The Kier molecular flexibility index (Phi) is 4.59. The summed E-state index contributed by atoms with van der Waals surface area (Å²) in [6.07, 6.45) is 2.94. The number of nitrogens with one attached hydrogen (secondary N) is 2. The Morgan fingerprint density at radius 2 is 1.91 bits per heavy atom. The number of fused-ring (bicyclic) bond motifs is 1. The summed E-state index contributed by atoms with van der Waals surface area (Å²) in [6, 6.07) is 16.2. The van der Waals surface area contributed by atoms with Gasteiger partial charge in [0.05, 0.1) is 6.04 Å². The maximum atomic E-state index is 9.74. The molecule has 0 unspecified atom stereocenters. The maximum absolute atomic E-state index is 9.74. The fourth-order valence-electron chi connectivity index (χ4n) is 2.95. The van der Waals surface area contributed by atoms with Gasteiger partial charge in [-0.15, -0.1) is 0 Å². The van der Waals surface area contributed by atoms with Crippen LogP contribution in [0.15, 0.2) is 48.5 Å². The average Bonchev–Trinajstić information content (AvgIpc) is 2.92. The molecule has 22 heavy (non-hydrogen) atoms. The molecule has 114 valence electrons. The lowest BCUT2D eigenvalue weighted by atomic mass is 10.1. The highest BCUT2D eigenvalue weighted by atomic mass is 32.1. The molecule has 3 rings (SSSR count). The van der Waals surface area contributed by atoms with E-state index >= 15 is 0 Å². The van der Waals surface area contributed by atoms with E-state index in [4.69, 9.17) is 12.2 Å². The zero-order valence-corrected chi connectivity index (χ0v) is 13.2. The maximum Gasteiger partial charge on any atom is 0.166 e. The van der Waals surface area contributed by atoms with Gasteiger partial charge in [-0.25, -0.2) is 0 Å². The summed E-state index contributed by atoms with van der Waals surface area (Å²) in [7, 11) is 0.